The van der Waals surface area contributed by atoms with Crippen molar-refractivity contribution in [3.8, 4) is 0 Å². The molecule has 0 aromatic heterocycles. The number of halogens is 1. The van der Waals surface area contributed by atoms with Gasteiger partial charge in [0.25, 0.3) is 0 Å². The van der Waals surface area contributed by atoms with E-state index in [1.807, 2.05) is 0 Å². The molecule has 0 amide bonds. The molecule has 0 aliphatic heterocycles. The zero-order valence-electron chi connectivity index (χ0n) is 11.0. The van der Waals surface area contributed by atoms with Crippen LogP contribution in [0.5, 0.6) is 0 Å². The van der Waals surface area contributed by atoms with E-state index in [-0.39, 0.29) is 10.8 Å². The first-order chi connectivity index (χ1) is 9.16. The molecule has 0 heterocycles. The summed E-state index contributed by atoms with van der Waals surface area (Å²) in [6.07, 6.45) is 6.41. The monoisotopic (exact) mass is 281 g/mol. The van der Waals surface area contributed by atoms with Gasteiger partial charge in [-0.25, -0.2) is 4.39 Å². The van der Waals surface area contributed by atoms with Gasteiger partial charge < -0.3 is 10.5 Å². The second kappa shape index (κ2) is 6.96. The van der Waals surface area contributed by atoms with E-state index in [0.29, 0.717) is 23.7 Å². The first-order valence-electron chi connectivity index (χ1n) is 6.83. The van der Waals surface area contributed by atoms with Crippen LogP contribution < -0.4 is 5.73 Å². The molecule has 2 N–H and O–H groups in total. The average molecular weight is 281 g/mol. The van der Waals surface area contributed by atoms with E-state index >= 15 is 0 Å². The van der Waals surface area contributed by atoms with Crippen molar-refractivity contribution in [2.75, 3.05) is 6.61 Å². The maximum absolute atomic E-state index is 13.8. The molecule has 1 aromatic carbocycles. The molecule has 0 unspecified atom stereocenters. The third-order valence-electron chi connectivity index (χ3n) is 3.67. The van der Waals surface area contributed by atoms with Gasteiger partial charge in [-0.1, -0.05) is 43.6 Å². The second-order valence-corrected chi connectivity index (χ2v) is 5.63. The Balaban J connectivity index is 1.83. The fraction of sp³-hybridized carbons (Fsp3) is 0.533. The number of hydrogen-bond acceptors (Lipinski definition) is 2. The highest BCUT2D eigenvalue weighted by atomic mass is 32.1. The average Bonchev–Trinajstić information content (AvgIpc) is 2.41. The number of ether oxygens (including phenoxy) is 1. The summed E-state index contributed by atoms with van der Waals surface area (Å²) in [5, 5.41) is 0. The van der Waals surface area contributed by atoms with Gasteiger partial charge in [-0.15, -0.1) is 0 Å². The van der Waals surface area contributed by atoms with Crippen molar-refractivity contribution >= 4 is 17.2 Å². The van der Waals surface area contributed by atoms with Crippen LogP contribution in [0, 0.1) is 11.7 Å². The Labute approximate surface area is 119 Å². The normalized spacial score (nSPS) is 16.5. The highest BCUT2D eigenvalue weighted by molar-refractivity contribution is 7.80. The molecule has 1 aliphatic carbocycles. The molecule has 2 nitrogen and oxygen atoms in total. The van der Waals surface area contributed by atoms with Crippen LogP contribution in [-0.4, -0.2) is 11.6 Å². The maximum atomic E-state index is 13.8. The van der Waals surface area contributed by atoms with E-state index < -0.39 is 0 Å². The summed E-state index contributed by atoms with van der Waals surface area (Å²) in [5.74, 6) is 0.349. The standard InChI is InChI=1S/C15H20FNOS/c16-14-8-12(15(17)19)6-7-13(14)10-18-9-11-4-2-1-3-5-11/h6-8,11H,1-5,9-10H2,(H2,17,19). The molecule has 1 fully saturated rings. The third-order valence-corrected chi connectivity index (χ3v) is 3.91. The van der Waals surface area contributed by atoms with Gasteiger partial charge in [0.2, 0.25) is 0 Å². The van der Waals surface area contributed by atoms with Crippen molar-refractivity contribution in [3.63, 3.8) is 0 Å². The van der Waals surface area contributed by atoms with Crippen LogP contribution in [0.25, 0.3) is 0 Å². The van der Waals surface area contributed by atoms with Crippen molar-refractivity contribution in [3.05, 3.63) is 35.1 Å². The summed E-state index contributed by atoms with van der Waals surface area (Å²) in [5.41, 5.74) is 6.59. The number of rotatable bonds is 5. The second-order valence-electron chi connectivity index (χ2n) is 5.19. The fourth-order valence-electron chi connectivity index (χ4n) is 2.51. The molecule has 1 aromatic rings. The van der Waals surface area contributed by atoms with Gasteiger partial charge in [-0.3, -0.25) is 0 Å². The van der Waals surface area contributed by atoms with Crippen molar-refractivity contribution < 1.29 is 9.13 Å². The molecule has 1 saturated carbocycles. The van der Waals surface area contributed by atoms with Crippen LogP contribution in [0.4, 0.5) is 4.39 Å². The summed E-state index contributed by atoms with van der Waals surface area (Å²) in [4.78, 5) is 0.216. The van der Waals surface area contributed by atoms with Gasteiger partial charge in [-0.05, 0) is 24.8 Å². The van der Waals surface area contributed by atoms with E-state index in [9.17, 15) is 4.39 Å². The summed E-state index contributed by atoms with van der Waals surface area (Å²) >= 11 is 4.82. The van der Waals surface area contributed by atoms with E-state index in [2.05, 4.69) is 0 Å². The molecule has 1 aliphatic rings. The Bertz CT molecular complexity index is 444. The predicted molar refractivity (Wildman–Crippen MR) is 78.5 cm³/mol. The van der Waals surface area contributed by atoms with Gasteiger partial charge >= 0.3 is 0 Å². The van der Waals surface area contributed by atoms with Gasteiger partial charge in [-0.2, -0.15) is 0 Å². The quantitative estimate of drug-likeness (QED) is 0.838. The number of benzene rings is 1. The van der Waals surface area contributed by atoms with Crippen LogP contribution in [-0.2, 0) is 11.3 Å². The Morgan fingerprint density at radius 2 is 2.05 bits per heavy atom. The molecule has 0 radical (unpaired) electrons. The molecular weight excluding hydrogens is 261 g/mol. The molecule has 4 heteroatoms. The van der Waals surface area contributed by atoms with Crippen molar-refractivity contribution in [2.45, 2.75) is 38.7 Å². The zero-order chi connectivity index (χ0) is 13.7. The van der Waals surface area contributed by atoms with E-state index in [0.717, 1.165) is 6.61 Å². The first-order valence-corrected chi connectivity index (χ1v) is 7.23. The van der Waals surface area contributed by atoms with Crippen LogP contribution in [0.15, 0.2) is 18.2 Å². The smallest absolute Gasteiger partial charge is 0.129 e. The van der Waals surface area contributed by atoms with Crippen LogP contribution in [0.1, 0.15) is 43.2 Å². The minimum Gasteiger partial charge on any atom is -0.389 e. The zero-order valence-corrected chi connectivity index (χ0v) is 11.8. The Morgan fingerprint density at radius 1 is 1.32 bits per heavy atom. The SMILES string of the molecule is NC(=S)c1ccc(COCC2CCCCC2)c(F)c1. The highest BCUT2D eigenvalue weighted by Crippen LogP contribution is 2.24. The molecular formula is C15H20FNOS. The lowest BCUT2D eigenvalue weighted by Crippen LogP contribution is -2.14. The molecule has 2 rings (SSSR count). The molecule has 0 atom stereocenters. The maximum Gasteiger partial charge on any atom is 0.129 e. The van der Waals surface area contributed by atoms with Gasteiger partial charge in [0.15, 0.2) is 0 Å². The molecule has 19 heavy (non-hydrogen) atoms. The summed E-state index contributed by atoms with van der Waals surface area (Å²) in [7, 11) is 0. The van der Waals surface area contributed by atoms with Crippen LogP contribution in [0.3, 0.4) is 0 Å². The number of thiocarbonyl (C=S) groups is 1. The van der Waals surface area contributed by atoms with Gasteiger partial charge in [0, 0.05) is 17.7 Å². The van der Waals surface area contributed by atoms with E-state index in [1.54, 1.807) is 12.1 Å². The summed E-state index contributed by atoms with van der Waals surface area (Å²) in [6.45, 7) is 1.05. The van der Waals surface area contributed by atoms with Crippen LogP contribution in [0.2, 0.25) is 0 Å². The third kappa shape index (κ3) is 4.25. The Morgan fingerprint density at radius 3 is 2.68 bits per heavy atom. The topological polar surface area (TPSA) is 35.2 Å². The lowest BCUT2D eigenvalue weighted by Gasteiger charge is -2.21. The largest absolute Gasteiger partial charge is 0.389 e. The molecule has 104 valence electrons. The highest BCUT2D eigenvalue weighted by Gasteiger charge is 2.13. The Kier molecular flexibility index (Phi) is 5.28. The number of nitrogens with two attached hydrogens (primary N) is 1. The molecule has 0 bridgehead atoms. The van der Waals surface area contributed by atoms with Gasteiger partial charge in [0.1, 0.15) is 10.8 Å². The summed E-state index contributed by atoms with van der Waals surface area (Å²) in [6, 6.07) is 4.82. The number of hydrogen-bond donors (Lipinski definition) is 1. The lowest BCUT2D eigenvalue weighted by molar-refractivity contribution is 0.0723. The van der Waals surface area contributed by atoms with E-state index in [1.165, 1.54) is 38.2 Å². The fourth-order valence-corrected chi connectivity index (χ4v) is 2.63. The summed E-state index contributed by atoms with van der Waals surface area (Å²) < 4.78 is 19.4. The van der Waals surface area contributed by atoms with Crippen LogP contribution >= 0.6 is 12.2 Å². The lowest BCUT2D eigenvalue weighted by atomic mass is 9.90. The van der Waals surface area contributed by atoms with Crippen molar-refractivity contribution in [2.24, 2.45) is 11.7 Å². The molecule has 0 saturated heterocycles. The Hall–Kier alpha value is -1.00. The van der Waals surface area contributed by atoms with Gasteiger partial charge in [0.05, 0.1) is 6.61 Å². The minimum absolute atomic E-state index is 0.216. The van der Waals surface area contributed by atoms with E-state index in [4.69, 9.17) is 22.7 Å². The minimum atomic E-state index is -0.297. The first kappa shape index (κ1) is 14.4. The van der Waals surface area contributed by atoms with Crippen molar-refractivity contribution in [1.29, 1.82) is 0 Å². The predicted octanol–water partition coefficient (Wildman–Crippen LogP) is 3.56. The van der Waals surface area contributed by atoms with Crippen molar-refractivity contribution in [1.82, 2.24) is 0 Å². The molecule has 0 spiro atoms.